The summed E-state index contributed by atoms with van der Waals surface area (Å²) in [5, 5.41) is 11.5. The van der Waals surface area contributed by atoms with Crippen molar-refractivity contribution >= 4 is 11.8 Å². The number of amides is 2. The summed E-state index contributed by atoms with van der Waals surface area (Å²) in [5.74, 6) is 0.0853. The molecule has 2 rings (SSSR count). The molecule has 0 heterocycles. The minimum atomic E-state index is -0.572. The van der Waals surface area contributed by atoms with E-state index in [9.17, 15) is 9.59 Å². The van der Waals surface area contributed by atoms with E-state index in [4.69, 9.17) is 9.94 Å². The Bertz CT molecular complexity index is 696. The maximum Gasteiger partial charge on any atom is 0.274 e. The highest BCUT2D eigenvalue weighted by atomic mass is 16.5. The van der Waals surface area contributed by atoms with Crippen LogP contribution in [0.15, 0.2) is 48.5 Å². The highest BCUT2D eigenvalue weighted by Gasteiger charge is 2.11. The highest BCUT2D eigenvalue weighted by molar-refractivity contribution is 5.93. The second-order valence-electron chi connectivity index (χ2n) is 5.38. The van der Waals surface area contributed by atoms with Crippen molar-refractivity contribution in [2.75, 3.05) is 7.11 Å². The molecule has 0 aliphatic carbocycles. The molecular weight excluding hydrogens is 308 g/mol. The Hall–Kier alpha value is -2.86. The molecule has 6 nitrogen and oxygen atoms in total. The first-order chi connectivity index (χ1) is 11.5. The molecule has 0 spiro atoms. The van der Waals surface area contributed by atoms with E-state index in [0.717, 1.165) is 16.9 Å². The van der Waals surface area contributed by atoms with Crippen LogP contribution in [-0.4, -0.2) is 24.1 Å². The van der Waals surface area contributed by atoms with Gasteiger partial charge in [0.25, 0.3) is 5.91 Å². The van der Waals surface area contributed by atoms with Gasteiger partial charge in [0.2, 0.25) is 5.91 Å². The predicted octanol–water partition coefficient (Wildman–Crippen LogP) is 2.23. The maximum absolute atomic E-state index is 12.1. The number of hydroxylamine groups is 1. The van der Waals surface area contributed by atoms with Crippen LogP contribution in [0.5, 0.6) is 5.75 Å². The summed E-state index contributed by atoms with van der Waals surface area (Å²) in [4.78, 5) is 23.4. The van der Waals surface area contributed by atoms with E-state index in [-0.39, 0.29) is 18.4 Å². The van der Waals surface area contributed by atoms with Crippen LogP contribution in [-0.2, 0) is 11.2 Å². The molecule has 2 aromatic carbocycles. The molecule has 2 aromatic rings. The Labute approximate surface area is 140 Å². The lowest BCUT2D eigenvalue weighted by Gasteiger charge is -2.15. The molecule has 0 saturated carbocycles. The molecule has 0 radical (unpaired) electrons. The molecule has 1 unspecified atom stereocenters. The average molecular weight is 328 g/mol. The summed E-state index contributed by atoms with van der Waals surface area (Å²) < 4.78 is 5.09. The quantitative estimate of drug-likeness (QED) is 0.560. The smallest absolute Gasteiger partial charge is 0.274 e. The Morgan fingerprint density at radius 1 is 1.08 bits per heavy atom. The van der Waals surface area contributed by atoms with Gasteiger partial charge in [0.1, 0.15) is 5.75 Å². The van der Waals surface area contributed by atoms with Crippen molar-refractivity contribution in [3.05, 3.63) is 65.2 Å². The van der Waals surface area contributed by atoms with E-state index in [1.807, 2.05) is 31.2 Å². The third-order valence-corrected chi connectivity index (χ3v) is 3.68. The molecule has 0 aliphatic rings. The van der Waals surface area contributed by atoms with E-state index in [1.54, 1.807) is 36.9 Å². The first kappa shape index (κ1) is 17.5. The van der Waals surface area contributed by atoms with Gasteiger partial charge in [-0.3, -0.25) is 14.8 Å². The topological polar surface area (TPSA) is 87.7 Å². The fourth-order valence-corrected chi connectivity index (χ4v) is 2.29. The van der Waals surface area contributed by atoms with Crippen molar-refractivity contribution < 1.29 is 19.5 Å². The lowest BCUT2D eigenvalue weighted by Crippen LogP contribution is -2.28. The zero-order valence-corrected chi connectivity index (χ0v) is 13.6. The molecule has 0 aromatic heterocycles. The Balaban J connectivity index is 1.94. The van der Waals surface area contributed by atoms with Gasteiger partial charge in [0, 0.05) is 5.56 Å². The minimum Gasteiger partial charge on any atom is -0.497 e. The van der Waals surface area contributed by atoms with Crippen LogP contribution < -0.4 is 15.5 Å². The Morgan fingerprint density at radius 3 is 2.25 bits per heavy atom. The van der Waals surface area contributed by atoms with E-state index in [1.165, 1.54) is 0 Å². The Kier molecular flexibility index (Phi) is 5.92. The SMILES string of the molecule is COc1ccc(CC(=O)NC(C)c2ccc(C(=O)NO)cc2)cc1. The van der Waals surface area contributed by atoms with Gasteiger partial charge in [-0.05, 0) is 42.3 Å². The average Bonchev–Trinajstić information content (AvgIpc) is 2.61. The van der Waals surface area contributed by atoms with Gasteiger partial charge in [-0.2, -0.15) is 0 Å². The number of rotatable bonds is 6. The van der Waals surface area contributed by atoms with Gasteiger partial charge in [0.15, 0.2) is 0 Å². The maximum atomic E-state index is 12.1. The van der Waals surface area contributed by atoms with Crippen molar-refractivity contribution in [2.24, 2.45) is 0 Å². The van der Waals surface area contributed by atoms with Crippen LogP contribution in [0.2, 0.25) is 0 Å². The first-order valence-corrected chi connectivity index (χ1v) is 7.50. The van der Waals surface area contributed by atoms with Gasteiger partial charge < -0.3 is 10.1 Å². The molecule has 0 saturated heterocycles. The van der Waals surface area contributed by atoms with Crippen LogP contribution >= 0.6 is 0 Å². The number of methoxy groups -OCH3 is 1. The zero-order valence-electron chi connectivity index (χ0n) is 13.6. The van der Waals surface area contributed by atoms with Gasteiger partial charge in [-0.15, -0.1) is 0 Å². The van der Waals surface area contributed by atoms with Gasteiger partial charge in [-0.1, -0.05) is 24.3 Å². The summed E-state index contributed by atoms with van der Waals surface area (Å²) in [6.45, 7) is 1.87. The standard InChI is InChI=1S/C18H20N2O4/c1-12(14-5-7-15(8-6-14)18(22)20-23)19-17(21)11-13-3-9-16(24-2)10-4-13/h3-10,12,23H,11H2,1-2H3,(H,19,21)(H,20,22). The molecule has 24 heavy (non-hydrogen) atoms. The number of nitrogens with one attached hydrogen (secondary N) is 2. The number of hydrogen-bond acceptors (Lipinski definition) is 4. The summed E-state index contributed by atoms with van der Waals surface area (Å²) in [6.07, 6.45) is 0.277. The molecule has 1 atom stereocenters. The van der Waals surface area contributed by atoms with Crippen LogP contribution in [0.3, 0.4) is 0 Å². The fraction of sp³-hybridized carbons (Fsp3) is 0.222. The highest BCUT2D eigenvalue weighted by Crippen LogP contribution is 2.15. The second-order valence-corrected chi connectivity index (χ2v) is 5.38. The van der Waals surface area contributed by atoms with Crippen LogP contribution in [0.25, 0.3) is 0 Å². The molecule has 0 aliphatic heterocycles. The summed E-state index contributed by atoms with van der Waals surface area (Å²) in [5.41, 5.74) is 3.69. The van der Waals surface area contributed by atoms with Crippen LogP contribution in [0.1, 0.15) is 34.5 Å². The molecule has 126 valence electrons. The predicted molar refractivity (Wildman–Crippen MR) is 89.0 cm³/mol. The largest absolute Gasteiger partial charge is 0.497 e. The number of hydrogen-bond donors (Lipinski definition) is 3. The number of carbonyl (C=O) groups is 2. The Morgan fingerprint density at radius 2 is 1.71 bits per heavy atom. The van der Waals surface area contributed by atoms with E-state index >= 15 is 0 Å². The number of ether oxygens (including phenoxy) is 1. The van der Waals surface area contributed by atoms with Crippen LogP contribution in [0, 0.1) is 0 Å². The van der Waals surface area contributed by atoms with Crippen molar-refractivity contribution in [3.63, 3.8) is 0 Å². The summed E-state index contributed by atoms with van der Waals surface area (Å²) >= 11 is 0. The summed E-state index contributed by atoms with van der Waals surface area (Å²) in [6, 6.07) is 13.8. The fourth-order valence-electron chi connectivity index (χ4n) is 2.29. The van der Waals surface area contributed by atoms with Gasteiger partial charge >= 0.3 is 0 Å². The third-order valence-electron chi connectivity index (χ3n) is 3.68. The molecule has 2 amide bonds. The van der Waals surface area contributed by atoms with E-state index in [2.05, 4.69) is 5.32 Å². The van der Waals surface area contributed by atoms with E-state index < -0.39 is 5.91 Å². The van der Waals surface area contributed by atoms with E-state index in [0.29, 0.717) is 5.56 Å². The number of benzene rings is 2. The summed E-state index contributed by atoms with van der Waals surface area (Å²) in [7, 11) is 1.60. The van der Waals surface area contributed by atoms with Gasteiger partial charge in [-0.25, -0.2) is 5.48 Å². The molecule has 0 bridgehead atoms. The van der Waals surface area contributed by atoms with Gasteiger partial charge in [0.05, 0.1) is 19.6 Å². The van der Waals surface area contributed by atoms with Crippen molar-refractivity contribution in [3.8, 4) is 5.75 Å². The van der Waals surface area contributed by atoms with Crippen molar-refractivity contribution in [2.45, 2.75) is 19.4 Å². The molecule has 3 N–H and O–H groups in total. The molecule has 6 heteroatoms. The zero-order chi connectivity index (χ0) is 17.5. The normalized spacial score (nSPS) is 11.5. The molecule has 0 fully saturated rings. The number of carbonyl (C=O) groups excluding carboxylic acids is 2. The lowest BCUT2D eigenvalue weighted by atomic mass is 10.1. The van der Waals surface area contributed by atoms with Crippen molar-refractivity contribution in [1.82, 2.24) is 10.8 Å². The van der Waals surface area contributed by atoms with Crippen molar-refractivity contribution in [1.29, 1.82) is 0 Å². The van der Waals surface area contributed by atoms with Crippen LogP contribution in [0.4, 0.5) is 0 Å². The lowest BCUT2D eigenvalue weighted by molar-refractivity contribution is -0.121. The monoisotopic (exact) mass is 328 g/mol. The third kappa shape index (κ3) is 4.57. The first-order valence-electron chi connectivity index (χ1n) is 7.50. The minimum absolute atomic E-state index is 0.0927. The molecular formula is C18H20N2O4. The second kappa shape index (κ2) is 8.12.